The van der Waals surface area contributed by atoms with Crippen molar-refractivity contribution in [3.8, 4) is 0 Å². The zero-order valence-electron chi connectivity index (χ0n) is 9.16. The number of aryl methyl sites for hydroxylation is 1. The average Bonchev–Trinajstić information content (AvgIpc) is 2.63. The van der Waals surface area contributed by atoms with E-state index in [0.29, 0.717) is 5.56 Å². The Morgan fingerprint density at radius 3 is 2.60 bits per heavy atom. The first-order chi connectivity index (χ1) is 7.18. The van der Waals surface area contributed by atoms with E-state index in [2.05, 4.69) is 4.98 Å². The Morgan fingerprint density at radius 2 is 2.00 bits per heavy atom. The van der Waals surface area contributed by atoms with Crippen LogP contribution in [0.3, 0.4) is 0 Å². The maximum absolute atomic E-state index is 10.8. The molecule has 0 aliphatic carbocycles. The second-order valence-electron chi connectivity index (χ2n) is 3.06. The molecule has 0 fully saturated rings. The summed E-state index contributed by atoms with van der Waals surface area (Å²) in [6.45, 7) is 5.94. The lowest BCUT2D eigenvalue weighted by Gasteiger charge is -1.94. The van der Waals surface area contributed by atoms with Crippen LogP contribution in [0, 0.1) is 6.92 Å². The molecule has 0 amide bonds. The zero-order chi connectivity index (χ0) is 11.4. The Morgan fingerprint density at radius 1 is 1.33 bits per heavy atom. The van der Waals surface area contributed by atoms with Crippen molar-refractivity contribution in [3.63, 3.8) is 0 Å². The largest absolute Gasteiger partial charge is 0.478 e. The number of hydrogen-bond acceptors (Lipinski definition) is 1. The van der Waals surface area contributed by atoms with Gasteiger partial charge in [0.15, 0.2) is 0 Å². The number of aromatic amines is 1. The maximum atomic E-state index is 10.8. The van der Waals surface area contributed by atoms with Crippen molar-refractivity contribution in [2.24, 2.45) is 0 Å². The van der Waals surface area contributed by atoms with E-state index in [-0.39, 0.29) is 0 Å². The number of hydrogen-bond donors (Lipinski definition) is 2. The second kappa shape index (κ2) is 4.64. The summed E-state index contributed by atoms with van der Waals surface area (Å²) in [6, 6.07) is 5.71. The van der Waals surface area contributed by atoms with Gasteiger partial charge in [0.1, 0.15) is 0 Å². The predicted molar refractivity (Wildman–Crippen MR) is 61.3 cm³/mol. The van der Waals surface area contributed by atoms with Crippen LogP contribution in [0.5, 0.6) is 0 Å². The Kier molecular flexibility index (Phi) is 3.50. The van der Waals surface area contributed by atoms with Gasteiger partial charge in [0.05, 0.1) is 5.56 Å². The number of nitrogens with one attached hydrogen (secondary N) is 1. The van der Waals surface area contributed by atoms with E-state index >= 15 is 0 Å². The van der Waals surface area contributed by atoms with Gasteiger partial charge in [-0.15, -0.1) is 0 Å². The Bertz CT molecular complexity index is 471. The van der Waals surface area contributed by atoms with Crippen LogP contribution in [-0.4, -0.2) is 16.1 Å². The van der Waals surface area contributed by atoms with Crippen LogP contribution in [0.15, 0.2) is 24.4 Å². The second-order valence-corrected chi connectivity index (χ2v) is 3.06. The van der Waals surface area contributed by atoms with Crippen molar-refractivity contribution in [3.05, 3.63) is 35.5 Å². The first-order valence-corrected chi connectivity index (χ1v) is 4.99. The molecule has 0 bridgehead atoms. The van der Waals surface area contributed by atoms with Crippen molar-refractivity contribution in [2.45, 2.75) is 20.8 Å². The van der Waals surface area contributed by atoms with Crippen LogP contribution in [0.1, 0.15) is 29.8 Å². The molecular formula is C12H15NO2. The first kappa shape index (κ1) is 11.3. The summed E-state index contributed by atoms with van der Waals surface area (Å²) in [5.74, 6) is -0.892. The fraction of sp³-hybridized carbons (Fsp3) is 0.250. The van der Waals surface area contributed by atoms with E-state index in [1.54, 1.807) is 0 Å². The Hall–Kier alpha value is -1.77. The quantitative estimate of drug-likeness (QED) is 0.751. The number of rotatable bonds is 1. The Labute approximate surface area is 88.7 Å². The van der Waals surface area contributed by atoms with Crippen molar-refractivity contribution in [2.75, 3.05) is 0 Å². The van der Waals surface area contributed by atoms with E-state index < -0.39 is 5.97 Å². The molecule has 0 aliphatic heterocycles. The van der Waals surface area contributed by atoms with Gasteiger partial charge in [-0.1, -0.05) is 25.5 Å². The summed E-state index contributed by atoms with van der Waals surface area (Å²) in [5.41, 5.74) is 2.26. The molecule has 0 saturated heterocycles. The van der Waals surface area contributed by atoms with Crippen LogP contribution in [0.2, 0.25) is 0 Å². The number of carboxylic acid groups (broad SMARTS) is 1. The molecule has 1 aromatic heterocycles. The fourth-order valence-electron chi connectivity index (χ4n) is 1.41. The lowest BCUT2D eigenvalue weighted by Crippen LogP contribution is -1.93. The van der Waals surface area contributed by atoms with Crippen molar-refractivity contribution >= 4 is 16.9 Å². The minimum Gasteiger partial charge on any atom is -0.478 e. The summed E-state index contributed by atoms with van der Waals surface area (Å²) < 4.78 is 0. The third-order valence-corrected chi connectivity index (χ3v) is 2.07. The van der Waals surface area contributed by atoms with Gasteiger partial charge in [-0.2, -0.15) is 0 Å². The molecule has 0 spiro atoms. The van der Waals surface area contributed by atoms with Gasteiger partial charge in [-0.25, -0.2) is 4.79 Å². The molecule has 1 aromatic carbocycles. The fourth-order valence-corrected chi connectivity index (χ4v) is 1.41. The molecule has 0 radical (unpaired) electrons. The minimum atomic E-state index is -0.892. The third kappa shape index (κ3) is 2.18. The van der Waals surface area contributed by atoms with Crippen molar-refractivity contribution in [1.29, 1.82) is 0 Å². The lowest BCUT2D eigenvalue weighted by atomic mass is 10.1. The zero-order valence-corrected chi connectivity index (χ0v) is 9.16. The molecule has 0 aliphatic rings. The molecular weight excluding hydrogens is 190 g/mol. The highest BCUT2D eigenvalue weighted by molar-refractivity contribution is 6.03. The average molecular weight is 205 g/mol. The topological polar surface area (TPSA) is 53.1 Å². The number of fused-ring (bicyclic) bond motifs is 1. The number of benzene rings is 1. The monoisotopic (exact) mass is 205 g/mol. The third-order valence-electron chi connectivity index (χ3n) is 2.07. The van der Waals surface area contributed by atoms with Gasteiger partial charge in [0.25, 0.3) is 0 Å². The molecule has 15 heavy (non-hydrogen) atoms. The number of aromatic nitrogens is 1. The van der Waals surface area contributed by atoms with Crippen LogP contribution < -0.4 is 0 Å². The van der Waals surface area contributed by atoms with Gasteiger partial charge in [0, 0.05) is 17.1 Å². The number of aromatic carboxylic acids is 1. The number of carbonyl (C=O) groups is 1. The maximum Gasteiger partial charge on any atom is 0.337 e. The van der Waals surface area contributed by atoms with E-state index in [9.17, 15) is 4.79 Å². The van der Waals surface area contributed by atoms with Gasteiger partial charge in [0.2, 0.25) is 0 Å². The van der Waals surface area contributed by atoms with E-state index in [0.717, 1.165) is 16.5 Å². The summed E-state index contributed by atoms with van der Waals surface area (Å²) in [5, 5.41) is 9.61. The van der Waals surface area contributed by atoms with E-state index in [1.807, 2.05) is 39.0 Å². The smallest absolute Gasteiger partial charge is 0.337 e. The molecule has 0 atom stereocenters. The highest BCUT2D eigenvalue weighted by Crippen LogP contribution is 2.19. The van der Waals surface area contributed by atoms with Gasteiger partial charge in [-0.3, -0.25) is 0 Å². The standard InChI is InChI=1S/C10H9NO2.C2H6/c1-6-2-3-9-7(4-6)8(5-11-9)10(12)13;1-2/h2-5,11H,1H3,(H,12,13);1-2H3. The van der Waals surface area contributed by atoms with Crippen LogP contribution in [0.4, 0.5) is 0 Å². The minimum absolute atomic E-state index is 0.332. The van der Waals surface area contributed by atoms with Crippen LogP contribution in [0.25, 0.3) is 10.9 Å². The highest BCUT2D eigenvalue weighted by Gasteiger charge is 2.09. The molecule has 2 aromatic rings. The highest BCUT2D eigenvalue weighted by atomic mass is 16.4. The van der Waals surface area contributed by atoms with Gasteiger partial charge >= 0.3 is 5.97 Å². The summed E-state index contributed by atoms with van der Waals surface area (Å²) in [4.78, 5) is 13.7. The molecule has 3 heteroatoms. The first-order valence-electron chi connectivity index (χ1n) is 4.99. The molecule has 2 N–H and O–H groups in total. The van der Waals surface area contributed by atoms with Crippen molar-refractivity contribution in [1.82, 2.24) is 4.98 Å². The van der Waals surface area contributed by atoms with Gasteiger partial charge < -0.3 is 10.1 Å². The SMILES string of the molecule is CC.Cc1ccc2[nH]cc(C(=O)O)c2c1. The normalized spacial score (nSPS) is 9.53. The van der Waals surface area contributed by atoms with Crippen molar-refractivity contribution < 1.29 is 9.90 Å². The molecule has 0 saturated carbocycles. The molecule has 80 valence electrons. The van der Waals surface area contributed by atoms with Crippen LogP contribution >= 0.6 is 0 Å². The number of carboxylic acids is 1. The Balaban J connectivity index is 0.000000531. The molecule has 2 rings (SSSR count). The van der Waals surface area contributed by atoms with Crippen LogP contribution in [-0.2, 0) is 0 Å². The lowest BCUT2D eigenvalue weighted by molar-refractivity contribution is 0.0699. The molecule has 0 unspecified atom stereocenters. The summed E-state index contributed by atoms with van der Waals surface area (Å²) >= 11 is 0. The predicted octanol–water partition coefficient (Wildman–Crippen LogP) is 3.20. The van der Waals surface area contributed by atoms with E-state index in [4.69, 9.17) is 5.11 Å². The molecule has 3 nitrogen and oxygen atoms in total. The molecule has 1 heterocycles. The van der Waals surface area contributed by atoms with E-state index in [1.165, 1.54) is 6.20 Å². The summed E-state index contributed by atoms with van der Waals surface area (Å²) in [6.07, 6.45) is 1.52. The summed E-state index contributed by atoms with van der Waals surface area (Å²) in [7, 11) is 0. The number of H-pyrrole nitrogens is 1. The van der Waals surface area contributed by atoms with Gasteiger partial charge in [-0.05, 0) is 19.1 Å².